The quantitative estimate of drug-likeness (QED) is 0.0955. The number of carbonyl (C=O) groups is 13. The van der Waals surface area contributed by atoms with E-state index in [1.165, 1.54) is 30.4 Å². The molecule has 4 heterocycles. The van der Waals surface area contributed by atoms with Crippen LogP contribution in [-0.2, 0) is 73.8 Å². The maximum Gasteiger partial charge on any atom is 0.303 e. The third-order valence-corrected chi connectivity index (χ3v) is 24.8. The van der Waals surface area contributed by atoms with Gasteiger partial charge in [-0.15, -0.1) is 0 Å². The molecule has 4 aliphatic heterocycles. The number of fused-ring (bicyclic) bond motifs is 3. The van der Waals surface area contributed by atoms with E-state index < -0.39 is 192 Å². The fraction of sp³-hybridized carbons (Fsp3) is 0.747. The zero-order valence-electron chi connectivity index (χ0n) is 67.5. The summed E-state index contributed by atoms with van der Waals surface area (Å²) in [6.45, 7) is 15.4. The van der Waals surface area contributed by atoms with E-state index in [2.05, 4.69) is 79.8 Å². The number of nitrogens with zero attached hydrogens (tertiary/aromatic N) is 1. The van der Waals surface area contributed by atoms with Crippen molar-refractivity contribution in [2.24, 2.45) is 40.7 Å². The molecular formula is C79H127N17O16S2. The molecule has 33 nitrogen and oxygen atoms in total. The number of rotatable bonds is 18. The molecule has 7 rings (SSSR count). The summed E-state index contributed by atoms with van der Waals surface area (Å²) >= 11 is 2.82. The Morgan fingerprint density at radius 1 is 0.605 bits per heavy atom. The molecule has 2 bridgehead atoms. The van der Waals surface area contributed by atoms with E-state index in [1.807, 2.05) is 30.3 Å². The van der Waals surface area contributed by atoms with Crippen LogP contribution in [0.1, 0.15) is 208 Å². The van der Waals surface area contributed by atoms with Crippen molar-refractivity contribution in [3.63, 3.8) is 0 Å². The van der Waals surface area contributed by atoms with Crippen molar-refractivity contribution in [1.29, 1.82) is 5.26 Å². The number of aliphatic carboxylic acids is 1. The molecule has 1 aromatic rings. The fourth-order valence-electron chi connectivity index (χ4n) is 15.9. The van der Waals surface area contributed by atoms with Gasteiger partial charge < -0.3 is 101 Å². The number of aliphatic hydroxyl groups excluding tert-OH is 2. The Morgan fingerprint density at radius 2 is 1.12 bits per heavy atom. The summed E-state index contributed by atoms with van der Waals surface area (Å²) < 4.78 is 0. The van der Waals surface area contributed by atoms with Gasteiger partial charge in [-0.3, -0.25) is 62.3 Å². The van der Waals surface area contributed by atoms with Crippen molar-refractivity contribution in [2.45, 2.75) is 299 Å². The highest BCUT2D eigenvalue weighted by molar-refractivity contribution is 7.98. The Labute approximate surface area is 678 Å². The van der Waals surface area contributed by atoms with Crippen LogP contribution in [-0.4, -0.2) is 220 Å². The molecule has 0 spiro atoms. The number of nitrogens with two attached hydrogens (primary N) is 1. The maximum absolute atomic E-state index is 15.3. The normalized spacial score (nSPS) is 32.3. The van der Waals surface area contributed by atoms with Crippen LogP contribution in [0, 0.1) is 46.3 Å². The number of benzene rings is 1. The number of nitriles is 1. The molecule has 4 unspecified atom stereocenters. The molecule has 12 amide bonds. The molecule has 15 atom stereocenters. The smallest absolute Gasteiger partial charge is 0.303 e. The Hall–Kier alpha value is -7.72. The van der Waals surface area contributed by atoms with Crippen molar-refractivity contribution < 1.29 is 77.6 Å². The molecule has 6 aliphatic rings. The van der Waals surface area contributed by atoms with Crippen LogP contribution in [0.25, 0.3) is 0 Å². The summed E-state index contributed by atoms with van der Waals surface area (Å²) in [4.78, 5) is 188. The van der Waals surface area contributed by atoms with Crippen LogP contribution >= 0.6 is 23.5 Å². The predicted octanol–water partition coefficient (Wildman–Crippen LogP) is 0.572. The number of carboxylic acids is 1. The van der Waals surface area contributed by atoms with Crippen molar-refractivity contribution in [1.82, 2.24) is 79.8 Å². The molecule has 5 fully saturated rings. The SMILES string of the molecule is CCC[C@@H]1NC(=O)[C@H](CC2CNC3NCCCC23)NC(=O)[C@](C)(CC#N)NC(=O)[C@H](CC2CNCN2)NC(=O)[C@H](CC2CCC(O)CC2)NC(=O)[C@H](C(C)(C)C)NC(=O)CCSCc2cccc(c2)CSC[C@@H](C(N)=O)NC(=O)[C@H](C(C)C)NC(=O)[C@H](CCC)NC(=O)[C@H](CC2CCC(O)CC2)NC(=O)[C@H](CCC(=O)O)NC1=O. The first-order valence-electron chi connectivity index (χ1n) is 40.9. The van der Waals surface area contributed by atoms with Gasteiger partial charge in [-0.2, -0.15) is 28.8 Å². The molecule has 3 saturated heterocycles. The number of hydrogen-bond acceptors (Lipinski definition) is 22. The highest BCUT2D eigenvalue weighted by Gasteiger charge is 2.46. The monoisotopic (exact) mass is 1630 g/mol. The van der Waals surface area contributed by atoms with Gasteiger partial charge in [0, 0.05) is 55.1 Å². The van der Waals surface area contributed by atoms with Gasteiger partial charge in [0.05, 0.1) is 30.9 Å². The standard InChI is InChI=1S/C79H127N17O16S2/c1-9-13-54-68(103)88-56(26-27-63(100)101)69(104)89-57(34-45-18-22-51(97)23-19-45)71(106)87-55(14-10-2)70(105)95-64(44(3)4)75(110)92-61(66(81)102)42-114-41-48-16-11-15-47(33-48)40-113-32-28-62(99)94-65(78(5,6)7)76(111)91-58(35-46-20-24-52(98)25-21-46)72(107)90-60(37-50-39-82-43-85-50)74(109)96-79(8,29-30-80)77(112)93-59(73(108)86-54)36-49-38-84-67-53(49)17-12-31-83-67/h11,15-16,33,44-46,49-61,64-65,67,82-85,97-98H,9-10,12-14,17-29,31-32,34-43H2,1-8H3,(H2,81,102)(H,86,108)(H,87,106)(H,88,103)(H,89,104)(H,90,107)(H,91,111)(H,92,110)(H,93,112)(H,94,99)(H,95,105)(H,96,109)(H,100,101)/t45?,46?,49?,50?,51?,52?,53?,54-,55-,56-,57-,58-,59-,60-,61-,64-,65+,67?,79-/m0/s1. The van der Waals surface area contributed by atoms with Gasteiger partial charge in [0.15, 0.2) is 0 Å². The first-order chi connectivity index (χ1) is 54.2. The Balaban J connectivity index is 1.24. The summed E-state index contributed by atoms with van der Waals surface area (Å²) in [6, 6.07) is -4.25. The van der Waals surface area contributed by atoms with Crippen LogP contribution < -0.4 is 85.5 Å². The number of piperidine rings is 1. The minimum Gasteiger partial charge on any atom is -0.481 e. The van der Waals surface area contributed by atoms with Crippen molar-refractivity contribution in [3.8, 4) is 6.07 Å². The molecule has 0 radical (unpaired) electrons. The second kappa shape index (κ2) is 45.7. The minimum atomic E-state index is -2.12. The van der Waals surface area contributed by atoms with Crippen molar-refractivity contribution >= 4 is 100 Å². The Bertz CT molecular complexity index is 3490. The second-order valence-electron chi connectivity index (χ2n) is 33.5. The lowest BCUT2D eigenvalue weighted by atomic mass is 9.82. The van der Waals surface area contributed by atoms with Crippen molar-refractivity contribution in [3.05, 3.63) is 35.4 Å². The van der Waals surface area contributed by atoms with Crippen LogP contribution in [0.4, 0.5) is 0 Å². The van der Waals surface area contributed by atoms with E-state index in [9.17, 15) is 63.7 Å². The topological polar surface area (TPSA) is 513 Å². The van der Waals surface area contributed by atoms with Crippen LogP contribution in [0.15, 0.2) is 24.3 Å². The fourth-order valence-corrected chi connectivity index (χ4v) is 17.8. The molecular weight excluding hydrogens is 1510 g/mol. The average Bonchev–Trinajstić information content (AvgIpc) is 1.14. The number of primary amides is 1. The summed E-state index contributed by atoms with van der Waals surface area (Å²) in [5.41, 5.74) is 4.69. The maximum atomic E-state index is 15.3. The van der Waals surface area contributed by atoms with Crippen LogP contribution in [0.3, 0.4) is 0 Å². The van der Waals surface area contributed by atoms with Crippen LogP contribution in [0.5, 0.6) is 0 Å². The third kappa shape index (κ3) is 29.5. The summed E-state index contributed by atoms with van der Waals surface area (Å²) in [7, 11) is 0. The number of carbonyl (C=O) groups excluding carboxylic acids is 12. The summed E-state index contributed by atoms with van der Waals surface area (Å²) in [5.74, 6) is -10.8. The second-order valence-corrected chi connectivity index (χ2v) is 35.6. The van der Waals surface area contributed by atoms with Gasteiger partial charge in [0.25, 0.3) is 0 Å². The van der Waals surface area contributed by atoms with Gasteiger partial charge in [-0.1, -0.05) is 85.6 Å². The van der Waals surface area contributed by atoms with E-state index in [1.54, 1.807) is 48.5 Å². The number of aliphatic hydroxyl groups is 2. The number of hydrogen-bond donors (Lipinski definition) is 19. The van der Waals surface area contributed by atoms with Gasteiger partial charge in [0.2, 0.25) is 70.9 Å². The van der Waals surface area contributed by atoms with Gasteiger partial charge in [-0.05, 0) is 175 Å². The molecule has 114 heavy (non-hydrogen) atoms. The average molecular weight is 1640 g/mol. The highest BCUT2D eigenvalue weighted by atomic mass is 32.2. The van der Waals surface area contributed by atoms with E-state index >= 15 is 19.2 Å². The van der Waals surface area contributed by atoms with Crippen molar-refractivity contribution in [2.75, 3.05) is 37.8 Å². The largest absolute Gasteiger partial charge is 0.481 e. The lowest BCUT2D eigenvalue weighted by Gasteiger charge is -2.35. The van der Waals surface area contributed by atoms with Gasteiger partial charge >= 0.3 is 5.97 Å². The predicted molar refractivity (Wildman–Crippen MR) is 430 cm³/mol. The number of carboxylic acid groups (broad SMARTS) is 1. The lowest BCUT2D eigenvalue weighted by Crippen LogP contribution is -2.65. The third-order valence-electron chi connectivity index (χ3n) is 22.6. The summed E-state index contributed by atoms with van der Waals surface area (Å²) in [6.07, 6.45) is 2.84. The van der Waals surface area contributed by atoms with Gasteiger partial charge in [0.1, 0.15) is 66.0 Å². The minimum absolute atomic E-state index is 0.00702. The van der Waals surface area contributed by atoms with Crippen LogP contribution in [0.2, 0.25) is 0 Å². The van der Waals surface area contributed by atoms with E-state index in [4.69, 9.17) is 5.73 Å². The first kappa shape index (κ1) is 93.4. The Kier molecular flexibility index (Phi) is 37.5. The molecule has 35 heteroatoms. The molecule has 0 aromatic heterocycles. The van der Waals surface area contributed by atoms with Gasteiger partial charge in [-0.25, -0.2) is 0 Å². The summed E-state index contributed by atoms with van der Waals surface area (Å²) in [5, 5.41) is 85.7. The zero-order chi connectivity index (χ0) is 83.4. The van der Waals surface area contributed by atoms with E-state index in [-0.39, 0.29) is 87.0 Å². The number of thioether (sulfide) groups is 2. The molecule has 1 aromatic carbocycles. The molecule has 636 valence electrons. The molecule has 2 aliphatic carbocycles. The van der Waals surface area contributed by atoms with E-state index in [0.717, 1.165) is 30.5 Å². The molecule has 20 N–H and O–H groups in total. The zero-order valence-corrected chi connectivity index (χ0v) is 69.1. The molecule has 2 saturated carbocycles. The Morgan fingerprint density at radius 3 is 1.64 bits per heavy atom. The number of nitrogens with one attached hydrogen (secondary N) is 15. The number of amides is 12. The highest BCUT2D eigenvalue weighted by Crippen LogP contribution is 2.34. The van der Waals surface area contributed by atoms with E-state index in [0.29, 0.717) is 94.8 Å². The lowest BCUT2D eigenvalue weighted by molar-refractivity contribution is -0.139. The first-order valence-corrected chi connectivity index (χ1v) is 43.2.